The predicted molar refractivity (Wildman–Crippen MR) is 110 cm³/mol. The zero-order valence-corrected chi connectivity index (χ0v) is 17.2. The van der Waals surface area contributed by atoms with E-state index in [1.54, 1.807) is 18.2 Å². The Morgan fingerprint density at radius 1 is 1.10 bits per heavy atom. The second-order valence-corrected chi connectivity index (χ2v) is 8.98. The largest absolute Gasteiger partial charge is 0.382 e. The summed E-state index contributed by atoms with van der Waals surface area (Å²) >= 11 is 0. The van der Waals surface area contributed by atoms with Crippen LogP contribution in [-0.2, 0) is 14.3 Å². The molecular formula is C22H26N4O5. The summed E-state index contributed by atoms with van der Waals surface area (Å²) in [6, 6.07) is 4.10. The van der Waals surface area contributed by atoms with E-state index in [1.165, 1.54) is 0 Å². The maximum absolute atomic E-state index is 12.9. The molecule has 0 saturated carbocycles. The second kappa shape index (κ2) is 7.72. The minimum Gasteiger partial charge on any atom is -0.382 e. The number of hydrogen-bond donors (Lipinski definition) is 3. The van der Waals surface area contributed by atoms with Gasteiger partial charge in [-0.1, -0.05) is 0 Å². The molecule has 1 aromatic rings. The van der Waals surface area contributed by atoms with Crippen molar-refractivity contribution in [3.05, 3.63) is 29.3 Å². The number of ether oxygens (including phenoxy) is 1. The van der Waals surface area contributed by atoms with Crippen LogP contribution in [0, 0.1) is 5.41 Å². The van der Waals surface area contributed by atoms with Gasteiger partial charge in [0.2, 0.25) is 11.8 Å². The molecule has 2 atom stereocenters. The van der Waals surface area contributed by atoms with Crippen LogP contribution in [0.15, 0.2) is 18.2 Å². The summed E-state index contributed by atoms with van der Waals surface area (Å²) in [5.74, 6) is -1.98. The molecule has 0 aromatic heterocycles. The van der Waals surface area contributed by atoms with Crippen LogP contribution in [0.1, 0.15) is 52.8 Å². The van der Waals surface area contributed by atoms with Gasteiger partial charge >= 0.3 is 0 Å². The highest BCUT2D eigenvalue weighted by molar-refractivity contribution is 6.23. The molecule has 31 heavy (non-hydrogen) atoms. The van der Waals surface area contributed by atoms with Crippen LogP contribution in [0.25, 0.3) is 0 Å². The molecule has 0 aliphatic carbocycles. The Balaban J connectivity index is 1.25. The van der Waals surface area contributed by atoms with E-state index >= 15 is 0 Å². The van der Waals surface area contributed by atoms with E-state index in [0.29, 0.717) is 6.54 Å². The highest BCUT2D eigenvalue weighted by Crippen LogP contribution is 2.40. The maximum Gasteiger partial charge on any atom is 0.262 e. The minimum atomic E-state index is -0.949. The smallest absolute Gasteiger partial charge is 0.262 e. The van der Waals surface area contributed by atoms with Crippen LogP contribution in [0.4, 0.5) is 5.69 Å². The summed E-state index contributed by atoms with van der Waals surface area (Å²) < 4.78 is 6.02. The lowest BCUT2D eigenvalue weighted by Gasteiger charge is -2.32. The molecule has 1 aromatic carbocycles. The summed E-state index contributed by atoms with van der Waals surface area (Å²) in [6.45, 7) is 3.49. The third kappa shape index (κ3) is 3.61. The lowest BCUT2D eigenvalue weighted by atomic mass is 9.77. The molecule has 4 amide bonds. The molecule has 0 bridgehead atoms. The maximum atomic E-state index is 12.9. The van der Waals surface area contributed by atoms with E-state index in [-0.39, 0.29) is 41.4 Å². The molecule has 3 N–H and O–H groups in total. The van der Waals surface area contributed by atoms with Crippen LogP contribution in [0.3, 0.4) is 0 Å². The van der Waals surface area contributed by atoms with Crippen LogP contribution >= 0.6 is 0 Å². The Hall–Kier alpha value is -2.78. The van der Waals surface area contributed by atoms with Gasteiger partial charge in [0, 0.05) is 18.7 Å². The number of nitrogens with zero attached hydrogens (tertiary/aromatic N) is 1. The normalized spacial score (nSPS) is 27.5. The fraction of sp³-hybridized carbons (Fsp3) is 0.545. The van der Waals surface area contributed by atoms with Crippen molar-refractivity contribution in [2.24, 2.45) is 5.41 Å². The summed E-state index contributed by atoms with van der Waals surface area (Å²) in [5, 5.41) is 8.94. The fourth-order valence-corrected chi connectivity index (χ4v) is 5.14. The van der Waals surface area contributed by atoms with Crippen molar-refractivity contribution in [1.29, 1.82) is 0 Å². The average Bonchev–Trinajstić information content (AvgIpc) is 3.26. The van der Waals surface area contributed by atoms with Crippen LogP contribution < -0.4 is 16.0 Å². The van der Waals surface area contributed by atoms with Gasteiger partial charge in [0.25, 0.3) is 11.8 Å². The molecule has 9 heteroatoms. The van der Waals surface area contributed by atoms with Crippen LogP contribution in [0.2, 0.25) is 0 Å². The Kier molecular flexibility index (Phi) is 5.02. The zero-order valence-electron chi connectivity index (χ0n) is 17.2. The molecule has 3 saturated heterocycles. The number of nitrogens with one attached hydrogen (secondary N) is 3. The van der Waals surface area contributed by atoms with Gasteiger partial charge in [-0.2, -0.15) is 0 Å². The summed E-state index contributed by atoms with van der Waals surface area (Å²) in [7, 11) is 0. The summed E-state index contributed by atoms with van der Waals surface area (Å²) in [6.07, 6.45) is 3.66. The Labute approximate surface area is 179 Å². The number of amides is 4. The highest BCUT2D eigenvalue weighted by atomic mass is 16.5. The van der Waals surface area contributed by atoms with Crippen molar-refractivity contribution in [3.8, 4) is 0 Å². The quantitative estimate of drug-likeness (QED) is 0.606. The molecule has 5 rings (SSSR count). The molecule has 3 fully saturated rings. The predicted octanol–water partition coefficient (Wildman–Crippen LogP) is 0.658. The Bertz CT molecular complexity index is 955. The molecular weight excluding hydrogens is 400 g/mol. The third-order valence-corrected chi connectivity index (χ3v) is 6.92. The molecule has 0 radical (unpaired) electrons. The van der Waals surface area contributed by atoms with Gasteiger partial charge in [0.15, 0.2) is 0 Å². The van der Waals surface area contributed by atoms with Crippen molar-refractivity contribution < 1.29 is 23.9 Å². The molecule has 4 aliphatic rings. The summed E-state index contributed by atoms with van der Waals surface area (Å²) in [5.41, 5.74) is 1.58. The van der Waals surface area contributed by atoms with Crippen molar-refractivity contribution in [3.63, 3.8) is 0 Å². The van der Waals surface area contributed by atoms with E-state index in [9.17, 15) is 19.2 Å². The number of carbonyl (C=O) groups is 4. The first-order chi connectivity index (χ1) is 15.0. The molecule has 1 spiro atoms. The van der Waals surface area contributed by atoms with E-state index in [4.69, 9.17) is 4.74 Å². The molecule has 164 valence electrons. The van der Waals surface area contributed by atoms with Gasteiger partial charge in [-0.25, -0.2) is 0 Å². The number of hydrogen-bond acceptors (Lipinski definition) is 7. The van der Waals surface area contributed by atoms with Gasteiger partial charge in [0.05, 0.1) is 23.8 Å². The van der Waals surface area contributed by atoms with Crippen molar-refractivity contribution in [2.75, 3.05) is 31.6 Å². The van der Waals surface area contributed by atoms with Gasteiger partial charge in [0.1, 0.15) is 6.04 Å². The molecule has 4 aliphatic heterocycles. The SMILES string of the molecule is O=C1CCC(N2C(=O)c3ccc(NCC4CC5(CCNCC5)CO4)cc3C2=O)C(=O)N1. The number of fused-ring (bicyclic) bond motifs is 1. The second-order valence-electron chi connectivity index (χ2n) is 8.98. The number of rotatable bonds is 4. The number of carbonyl (C=O) groups excluding carboxylic acids is 4. The number of imide groups is 2. The first kappa shape index (κ1) is 20.1. The van der Waals surface area contributed by atoms with E-state index in [0.717, 1.165) is 49.5 Å². The number of anilines is 1. The summed E-state index contributed by atoms with van der Waals surface area (Å²) in [4.78, 5) is 50.3. The lowest BCUT2D eigenvalue weighted by Crippen LogP contribution is -2.54. The highest BCUT2D eigenvalue weighted by Gasteiger charge is 2.45. The zero-order chi connectivity index (χ0) is 21.6. The Morgan fingerprint density at radius 3 is 2.65 bits per heavy atom. The van der Waals surface area contributed by atoms with Crippen molar-refractivity contribution >= 4 is 29.3 Å². The van der Waals surface area contributed by atoms with Crippen LogP contribution in [0.5, 0.6) is 0 Å². The average molecular weight is 426 g/mol. The number of piperidine rings is 2. The fourth-order valence-electron chi connectivity index (χ4n) is 5.14. The van der Waals surface area contributed by atoms with E-state index < -0.39 is 23.8 Å². The first-order valence-corrected chi connectivity index (χ1v) is 10.9. The lowest BCUT2D eigenvalue weighted by molar-refractivity contribution is -0.136. The molecule has 2 unspecified atom stereocenters. The van der Waals surface area contributed by atoms with Gasteiger partial charge < -0.3 is 15.4 Å². The number of benzene rings is 1. The van der Waals surface area contributed by atoms with Crippen molar-refractivity contribution in [1.82, 2.24) is 15.5 Å². The van der Waals surface area contributed by atoms with Gasteiger partial charge in [-0.05, 0) is 62.4 Å². The van der Waals surface area contributed by atoms with E-state index in [2.05, 4.69) is 16.0 Å². The van der Waals surface area contributed by atoms with Gasteiger partial charge in [-0.15, -0.1) is 0 Å². The molecule has 9 nitrogen and oxygen atoms in total. The van der Waals surface area contributed by atoms with Crippen molar-refractivity contribution in [2.45, 2.75) is 44.2 Å². The first-order valence-electron chi connectivity index (χ1n) is 10.9. The van der Waals surface area contributed by atoms with Gasteiger partial charge in [-0.3, -0.25) is 29.4 Å². The monoisotopic (exact) mass is 426 g/mol. The standard InChI is InChI=1S/C22H26N4O5/c27-18-4-3-17(19(28)25-18)26-20(29)15-2-1-13(9-16(15)21(26)30)24-11-14-10-22(12-31-14)5-7-23-8-6-22/h1-2,9,14,17,23-24H,3-8,10-12H2,(H,25,27,28). The topological polar surface area (TPSA) is 117 Å². The third-order valence-electron chi connectivity index (χ3n) is 6.92. The van der Waals surface area contributed by atoms with Crippen LogP contribution in [-0.4, -0.2) is 66.9 Å². The Morgan fingerprint density at radius 2 is 1.87 bits per heavy atom. The molecule has 4 heterocycles. The van der Waals surface area contributed by atoms with E-state index in [1.807, 2.05) is 0 Å². The minimum absolute atomic E-state index is 0.107.